The third-order valence-corrected chi connectivity index (χ3v) is 4.38. The molecular weight excluding hydrogens is 292 g/mol. The maximum atomic E-state index is 6.21. The van der Waals surface area contributed by atoms with E-state index in [1.807, 2.05) is 25.1 Å². The Balaban J connectivity index is 2.48. The summed E-state index contributed by atoms with van der Waals surface area (Å²) in [7, 11) is 0. The molecule has 4 nitrogen and oxygen atoms in total. The minimum atomic E-state index is -0.151. The molecule has 6 heteroatoms. The summed E-state index contributed by atoms with van der Waals surface area (Å²) in [6.45, 7) is 8.32. The van der Waals surface area contributed by atoms with Crippen LogP contribution in [0.5, 0.6) is 0 Å². The van der Waals surface area contributed by atoms with E-state index in [1.165, 1.54) is 11.5 Å². The molecule has 1 unspecified atom stereocenters. The van der Waals surface area contributed by atoms with Crippen molar-refractivity contribution in [3.8, 4) is 0 Å². The zero-order chi connectivity index (χ0) is 14.9. The zero-order valence-corrected chi connectivity index (χ0v) is 13.6. The van der Waals surface area contributed by atoms with Crippen molar-refractivity contribution in [3.63, 3.8) is 0 Å². The van der Waals surface area contributed by atoms with Crippen LogP contribution in [-0.2, 0) is 5.41 Å². The first-order valence-corrected chi connectivity index (χ1v) is 7.54. The zero-order valence-electron chi connectivity index (χ0n) is 12.1. The molecule has 0 amide bonds. The number of aryl methyl sites for hydroxylation is 1. The Morgan fingerprint density at radius 3 is 2.60 bits per heavy atom. The molecule has 1 aromatic heterocycles. The number of nitrogens with zero attached hydrogens (tertiary/aromatic N) is 2. The normalized spacial score (nSPS) is 13.5. The number of hydrogen-bond acceptors (Lipinski definition) is 5. The van der Waals surface area contributed by atoms with Crippen molar-refractivity contribution in [1.29, 1.82) is 0 Å². The SMILES string of the molecule is Cc1ccc(C(NN)c2snnc2C(C)(C)C)cc1Cl. The molecule has 20 heavy (non-hydrogen) atoms. The van der Waals surface area contributed by atoms with E-state index in [0.717, 1.165) is 26.7 Å². The fourth-order valence-electron chi connectivity index (χ4n) is 2.02. The van der Waals surface area contributed by atoms with Gasteiger partial charge in [-0.1, -0.05) is 49.0 Å². The minimum absolute atomic E-state index is 0.0775. The summed E-state index contributed by atoms with van der Waals surface area (Å²) >= 11 is 7.58. The van der Waals surface area contributed by atoms with Gasteiger partial charge in [0.25, 0.3) is 0 Å². The van der Waals surface area contributed by atoms with Gasteiger partial charge in [-0.05, 0) is 35.6 Å². The molecular formula is C14H19ClN4S. The highest BCUT2D eigenvalue weighted by atomic mass is 35.5. The fourth-order valence-corrected chi connectivity index (χ4v) is 3.16. The van der Waals surface area contributed by atoms with Gasteiger partial charge in [0.2, 0.25) is 0 Å². The van der Waals surface area contributed by atoms with E-state index in [9.17, 15) is 0 Å². The maximum absolute atomic E-state index is 6.21. The van der Waals surface area contributed by atoms with Gasteiger partial charge in [0.15, 0.2) is 0 Å². The van der Waals surface area contributed by atoms with Crippen molar-refractivity contribution >= 4 is 23.1 Å². The second-order valence-corrected chi connectivity index (χ2v) is 7.04. The molecule has 0 aliphatic heterocycles. The standard InChI is InChI=1S/C14H19ClN4S/c1-8-5-6-9(7-10(8)15)11(17-16)12-13(14(2,3)4)18-19-20-12/h5-7,11,17H,16H2,1-4H3. The highest BCUT2D eigenvalue weighted by molar-refractivity contribution is 7.05. The molecule has 2 rings (SSSR count). The van der Waals surface area contributed by atoms with Crippen LogP contribution < -0.4 is 11.3 Å². The Kier molecular flexibility index (Phi) is 4.44. The van der Waals surface area contributed by atoms with Gasteiger partial charge < -0.3 is 0 Å². The third kappa shape index (κ3) is 3.01. The van der Waals surface area contributed by atoms with Crippen LogP contribution >= 0.6 is 23.1 Å². The Bertz CT molecular complexity index is 603. The minimum Gasteiger partial charge on any atom is -0.271 e. The number of hydrazine groups is 1. The average molecular weight is 311 g/mol. The van der Waals surface area contributed by atoms with Crippen LogP contribution in [0.3, 0.4) is 0 Å². The topological polar surface area (TPSA) is 63.8 Å². The van der Waals surface area contributed by atoms with Crippen LogP contribution in [0, 0.1) is 6.92 Å². The quantitative estimate of drug-likeness (QED) is 0.674. The van der Waals surface area contributed by atoms with Gasteiger partial charge in [-0.25, -0.2) is 5.43 Å². The maximum Gasteiger partial charge on any atom is 0.0861 e. The molecule has 3 N–H and O–H groups in total. The number of nitrogens with one attached hydrogen (secondary N) is 1. The third-order valence-electron chi connectivity index (χ3n) is 3.18. The second kappa shape index (κ2) is 5.77. The molecule has 0 fully saturated rings. The first kappa shape index (κ1) is 15.4. The first-order chi connectivity index (χ1) is 9.34. The van der Waals surface area contributed by atoms with Crippen LogP contribution in [0.1, 0.15) is 48.5 Å². The molecule has 0 spiro atoms. The highest BCUT2D eigenvalue weighted by Crippen LogP contribution is 2.34. The van der Waals surface area contributed by atoms with Gasteiger partial charge in [0.05, 0.1) is 16.6 Å². The molecule has 0 aliphatic carbocycles. The summed E-state index contributed by atoms with van der Waals surface area (Å²) in [4.78, 5) is 1.03. The molecule has 0 bridgehead atoms. The summed E-state index contributed by atoms with van der Waals surface area (Å²) in [5, 5.41) is 5.00. The summed E-state index contributed by atoms with van der Waals surface area (Å²) in [6.07, 6.45) is 0. The summed E-state index contributed by atoms with van der Waals surface area (Å²) < 4.78 is 4.09. The predicted octanol–water partition coefficient (Wildman–Crippen LogP) is 3.35. The van der Waals surface area contributed by atoms with Crippen LogP contribution in [-0.4, -0.2) is 9.59 Å². The first-order valence-electron chi connectivity index (χ1n) is 6.39. The number of nitrogens with two attached hydrogens (primary N) is 1. The molecule has 2 aromatic rings. The van der Waals surface area contributed by atoms with Crippen molar-refractivity contribution in [2.75, 3.05) is 0 Å². The Morgan fingerprint density at radius 1 is 1.35 bits per heavy atom. The highest BCUT2D eigenvalue weighted by Gasteiger charge is 2.27. The largest absolute Gasteiger partial charge is 0.271 e. The van der Waals surface area contributed by atoms with Crippen LogP contribution in [0.15, 0.2) is 18.2 Å². The van der Waals surface area contributed by atoms with Gasteiger partial charge in [-0.3, -0.25) is 5.84 Å². The average Bonchev–Trinajstić information content (AvgIpc) is 2.83. The van der Waals surface area contributed by atoms with Crippen LogP contribution in [0.4, 0.5) is 0 Å². The number of hydrogen-bond donors (Lipinski definition) is 2. The Morgan fingerprint density at radius 2 is 2.05 bits per heavy atom. The molecule has 0 aliphatic rings. The lowest BCUT2D eigenvalue weighted by molar-refractivity contribution is 0.543. The molecule has 1 aromatic carbocycles. The predicted molar refractivity (Wildman–Crippen MR) is 84.0 cm³/mol. The van der Waals surface area contributed by atoms with E-state index in [2.05, 4.69) is 35.8 Å². The number of aromatic nitrogens is 2. The summed E-state index contributed by atoms with van der Waals surface area (Å²) in [6, 6.07) is 5.81. The lowest BCUT2D eigenvalue weighted by Crippen LogP contribution is -2.30. The van der Waals surface area contributed by atoms with Gasteiger partial charge >= 0.3 is 0 Å². The van der Waals surface area contributed by atoms with E-state index in [0.29, 0.717) is 0 Å². The van der Waals surface area contributed by atoms with Crippen molar-refractivity contribution in [2.24, 2.45) is 5.84 Å². The second-order valence-electron chi connectivity index (χ2n) is 5.84. The fraction of sp³-hybridized carbons (Fsp3) is 0.429. The van der Waals surface area contributed by atoms with E-state index < -0.39 is 0 Å². The molecule has 0 saturated carbocycles. The van der Waals surface area contributed by atoms with Crippen molar-refractivity contribution in [2.45, 2.75) is 39.2 Å². The number of benzene rings is 1. The summed E-state index contributed by atoms with van der Waals surface area (Å²) in [5.74, 6) is 5.75. The molecule has 0 saturated heterocycles. The van der Waals surface area contributed by atoms with Gasteiger partial charge in [0, 0.05) is 10.4 Å². The van der Waals surface area contributed by atoms with Gasteiger partial charge in [0.1, 0.15) is 0 Å². The van der Waals surface area contributed by atoms with Crippen molar-refractivity contribution in [3.05, 3.63) is 44.9 Å². The molecule has 108 valence electrons. The van der Waals surface area contributed by atoms with Crippen LogP contribution in [0.2, 0.25) is 5.02 Å². The van der Waals surface area contributed by atoms with E-state index in [1.54, 1.807) is 0 Å². The van der Waals surface area contributed by atoms with Gasteiger partial charge in [-0.15, -0.1) is 5.10 Å². The van der Waals surface area contributed by atoms with E-state index >= 15 is 0 Å². The monoisotopic (exact) mass is 310 g/mol. The van der Waals surface area contributed by atoms with Gasteiger partial charge in [-0.2, -0.15) is 0 Å². The van der Waals surface area contributed by atoms with Crippen molar-refractivity contribution in [1.82, 2.24) is 15.0 Å². The Labute approximate surface area is 128 Å². The molecule has 0 radical (unpaired) electrons. The number of rotatable bonds is 3. The van der Waals surface area contributed by atoms with Crippen LogP contribution in [0.25, 0.3) is 0 Å². The Hall–Kier alpha value is -1.01. The lowest BCUT2D eigenvalue weighted by atomic mass is 9.89. The molecule has 1 heterocycles. The van der Waals surface area contributed by atoms with Crippen molar-refractivity contribution < 1.29 is 0 Å². The molecule has 1 atom stereocenters. The smallest absolute Gasteiger partial charge is 0.0861 e. The summed E-state index contributed by atoms with van der Waals surface area (Å²) in [5.41, 5.74) is 5.79. The van der Waals surface area contributed by atoms with E-state index in [4.69, 9.17) is 17.4 Å². The van der Waals surface area contributed by atoms with E-state index in [-0.39, 0.29) is 11.5 Å². The number of halogens is 1. The lowest BCUT2D eigenvalue weighted by Gasteiger charge is -2.22.